The average Bonchev–Trinajstić information content (AvgIpc) is 2.11. The van der Waals surface area contributed by atoms with Gasteiger partial charge in [-0.25, -0.2) is 0 Å². The van der Waals surface area contributed by atoms with Crippen molar-refractivity contribution in [3.8, 4) is 0 Å². The summed E-state index contributed by atoms with van der Waals surface area (Å²) in [5.41, 5.74) is 0. The van der Waals surface area contributed by atoms with E-state index >= 15 is 0 Å². The molecule has 0 aromatic carbocycles. The lowest BCUT2D eigenvalue weighted by Crippen LogP contribution is -2.36. The lowest BCUT2D eigenvalue weighted by Gasteiger charge is -2.33. The van der Waals surface area contributed by atoms with Crippen LogP contribution in [0.3, 0.4) is 0 Å². The van der Waals surface area contributed by atoms with Crippen LogP contribution in [0.4, 0.5) is 0 Å². The van der Waals surface area contributed by atoms with Gasteiger partial charge in [0.1, 0.15) is 0 Å². The summed E-state index contributed by atoms with van der Waals surface area (Å²) < 4.78 is 0. The van der Waals surface area contributed by atoms with Crippen LogP contribution in [0.25, 0.3) is 0 Å². The molecule has 2 unspecified atom stereocenters. The third-order valence-corrected chi connectivity index (χ3v) is 3.95. The average molecular weight is 197 g/mol. The molecule has 0 N–H and O–H groups in total. The lowest BCUT2D eigenvalue weighted by atomic mass is 9.84. The van der Waals surface area contributed by atoms with Gasteiger partial charge in [-0.3, -0.25) is 0 Å². The van der Waals surface area contributed by atoms with Crippen molar-refractivity contribution in [1.82, 2.24) is 4.90 Å². The van der Waals surface area contributed by atoms with E-state index < -0.39 is 0 Å². The van der Waals surface area contributed by atoms with Crippen LogP contribution >= 0.6 is 0 Å². The fraction of sp³-hybridized carbons (Fsp3) is 1.00. The van der Waals surface area contributed by atoms with Gasteiger partial charge in [-0.15, -0.1) is 0 Å². The number of likely N-dealkylation sites (tertiary alicyclic amines) is 1. The van der Waals surface area contributed by atoms with Crippen molar-refractivity contribution < 1.29 is 0 Å². The van der Waals surface area contributed by atoms with E-state index in [4.69, 9.17) is 0 Å². The first-order valence-electron chi connectivity index (χ1n) is 6.39. The van der Waals surface area contributed by atoms with Crippen molar-refractivity contribution in [1.29, 1.82) is 0 Å². The molecule has 0 aromatic rings. The molecule has 1 nitrogen and oxygen atoms in total. The van der Waals surface area contributed by atoms with Crippen LogP contribution in [0.1, 0.15) is 53.4 Å². The molecule has 1 rings (SSSR count). The van der Waals surface area contributed by atoms with Crippen LogP contribution in [-0.2, 0) is 0 Å². The maximum absolute atomic E-state index is 2.65. The molecule has 0 radical (unpaired) electrons. The van der Waals surface area contributed by atoms with Crippen LogP contribution in [0.5, 0.6) is 0 Å². The van der Waals surface area contributed by atoms with Gasteiger partial charge in [-0.2, -0.15) is 0 Å². The standard InChI is InChI=1S/C13H27N/c1-5-13-8-10-14(11(2)3)9-6-7-12(13)4/h11-13H,5-10H2,1-4H3. The fourth-order valence-electron chi connectivity index (χ4n) is 2.70. The van der Waals surface area contributed by atoms with Crippen molar-refractivity contribution in [2.45, 2.75) is 59.4 Å². The van der Waals surface area contributed by atoms with Crippen LogP contribution in [0.2, 0.25) is 0 Å². The molecule has 2 atom stereocenters. The fourth-order valence-corrected chi connectivity index (χ4v) is 2.70. The Kier molecular flexibility index (Phi) is 4.94. The normalized spacial score (nSPS) is 31.5. The van der Waals surface area contributed by atoms with E-state index in [9.17, 15) is 0 Å². The summed E-state index contributed by atoms with van der Waals surface area (Å²) in [6.45, 7) is 12.1. The summed E-state index contributed by atoms with van der Waals surface area (Å²) in [5.74, 6) is 1.92. The first-order valence-corrected chi connectivity index (χ1v) is 6.39. The quantitative estimate of drug-likeness (QED) is 0.654. The zero-order chi connectivity index (χ0) is 10.6. The third kappa shape index (κ3) is 3.27. The molecule has 0 bridgehead atoms. The van der Waals surface area contributed by atoms with Crippen molar-refractivity contribution in [3.05, 3.63) is 0 Å². The van der Waals surface area contributed by atoms with Gasteiger partial charge in [0, 0.05) is 6.04 Å². The van der Waals surface area contributed by atoms with E-state index in [1.54, 1.807) is 0 Å². The molecule has 0 aromatic heterocycles. The predicted molar refractivity (Wildman–Crippen MR) is 63.5 cm³/mol. The number of rotatable bonds is 2. The summed E-state index contributed by atoms with van der Waals surface area (Å²) in [7, 11) is 0. The largest absolute Gasteiger partial charge is 0.301 e. The molecule has 1 fully saturated rings. The smallest absolute Gasteiger partial charge is 0.00385 e. The molecular formula is C13H27N. The van der Waals surface area contributed by atoms with Crippen LogP contribution in [-0.4, -0.2) is 24.0 Å². The second-order valence-electron chi connectivity index (χ2n) is 5.21. The van der Waals surface area contributed by atoms with Gasteiger partial charge >= 0.3 is 0 Å². The van der Waals surface area contributed by atoms with E-state index in [-0.39, 0.29) is 0 Å². The van der Waals surface area contributed by atoms with Crippen molar-refractivity contribution in [3.63, 3.8) is 0 Å². The number of nitrogens with zero attached hydrogens (tertiary/aromatic N) is 1. The SMILES string of the molecule is CCC1CCN(C(C)C)CCCC1C. The summed E-state index contributed by atoms with van der Waals surface area (Å²) >= 11 is 0. The molecule has 1 saturated heterocycles. The second kappa shape index (κ2) is 5.75. The molecule has 1 aliphatic heterocycles. The predicted octanol–water partition coefficient (Wildman–Crippen LogP) is 3.54. The Balaban J connectivity index is 2.46. The van der Waals surface area contributed by atoms with Gasteiger partial charge in [-0.1, -0.05) is 20.3 Å². The summed E-state index contributed by atoms with van der Waals surface area (Å²) in [4.78, 5) is 2.65. The monoisotopic (exact) mass is 197 g/mol. The van der Waals surface area contributed by atoms with E-state index in [0.717, 1.165) is 17.9 Å². The van der Waals surface area contributed by atoms with Gasteiger partial charge in [0.15, 0.2) is 0 Å². The summed E-state index contributed by atoms with van der Waals surface area (Å²) in [5, 5.41) is 0. The topological polar surface area (TPSA) is 3.24 Å². The maximum Gasteiger partial charge on any atom is 0.00385 e. The Labute approximate surface area is 89.9 Å². The van der Waals surface area contributed by atoms with E-state index in [1.165, 1.54) is 38.8 Å². The molecule has 0 amide bonds. The van der Waals surface area contributed by atoms with Crippen molar-refractivity contribution in [2.24, 2.45) is 11.8 Å². The lowest BCUT2D eigenvalue weighted by molar-refractivity contribution is 0.155. The molecular weight excluding hydrogens is 170 g/mol. The zero-order valence-electron chi connectivity index (χ0n) is 10.4. The molecule has 1 heterocycles. The molecule has 1 heteroatoms. The highest BCUT2D eigenvalue weighted by Crippen LogP contribution is 2.26. The summed E-state index contributed by atoms with van der Waals surface area (Å²) in [6, 6.07) is 0.737. The third-order valence-electron chi connectivity index (χ3n) is 3.95. The second-order valence-corrected chi connectivity index (χ2v) is 5.21. The van der Waals surface area contributed by atoms with E-state index in [2.05, 4.69) is 32.6 Å². The highest BCUT2D eigenvalue weighted by atomic mass is 15.1. The van der Waals surface area contributed by atoms with Crippen molar-refractivity contribution in [2.75, 3.05) is 13.1 Å². The first-order chi connectivity index (χ1) is 6.65. The van der Waals surface area contributed by atoms with Gasteiger partial charge in [-0.05, 0) is 58.0 Å². The highest BCUT2D eigenvalue weighted by Gasteiger charge is 2.20. The van der Waals surface area contributed by atoms with Crippen LogP contribution < -0.4 is 0 Å². The minimum absolute atomic E-state index is 0.737. The Hall–Kier alpha value is -0.0400. The molecule has 14 heavy (non-hydrogen) atoms. The van der Waals surface area contributed by atoms with Gasteiger partial charge in [0.25, 0.3) is 0 Å². The molecule has 0 spiro atoms. The zero-order valence-corrected chi connectivity index (χ0v) is 10.4. The Bertz CT molecular complexity index is 151. The van der Waals surface area contributed by atoms with E-state index in [1.807, 2.05) is 0 Å². The Morgan fingerprint density at radius 2 is 1.93 bits per heavy atom. The highest BCUT2D eigenvalue weighted by molar-refractivity contribution is 4.74. The number of hydrogen-bond acceptors (Lipinski definition) is 1. The number of hydrogen-bond donors (Lipinski definition) is 0. The van der Waals surface area contributed by atoms with Gasteiger partial charge in [0.05, 0.1) is 0 Å². The maximum atomic E-state index is 2.65. The van der Waals surface area contributed by atoms with E-state index in [0.29, 0.717) is 0 Å². The molecule has 84 valence electrons. The molecule has 0 saturated carbocycles. The minimum atomic E-state index is 0.737. The Morgan fingerprint density at radius 1 is 1.21 bits per heavy atom. The van der Waals surface area contributed by atoms with Gasteiger partial charge in [0.2, 0.25) is 0 Å². The molecule has 1 aliphatic rings. The van der Waals surface area contributed by atoms with Gasteiger partial charge < -0.3 is 4.90 Å². The van der Waals surface area contributed by atoms with Crippen LogP contribution in [0, 0.1) is 11.8 Å². The minimum Gasteiger partial charge on any atom is -0.301 e. The van der Waals surface area contributed by atoms with Crippen molar-refractivity contribution >= 4 is 0 Å². The molecule has 0 aliphatic carbocycles. The van der Waals surface area contributed by atoms with Crippen LogP contribution in [0.15, 0.2) is 0 Å². The summed E-state index contributed by atoms with van der Waals surface area (Å²) in [6.07, 6.45) is 5.61. The first kappa shape index (κ1) is 12.0. The Morgan fingerprint density at radius 3 is 2.50 bits per heavy atom.